The van der Waals surface area contributed by atoms with Crippen LogP contribution < -0.4 is 5.32 Å². The third-order valence-electron chi connectivity index (χ3n) is 4.79. The van der Waals surface area contributed by atoms with Crippen LogP contribution in [0, 0.1) is 0 Å². The number of furan rings is 1. The van der Waals surface area contributed by atoms with Gasteiger partial charge in [0.05, 0.1) is 17.1 Å². The fourth-order valence-corrected chi connectivity index (χ4v) is 5.06. The summed E-state index contributed by atoms with van der Waals surface area (Å²) in [5.74, 6) is -0.202. The molecule has 2 atom stereocenters. The van der Waals surface area contributed by atoms with Crippen LogP contribution in [0.25, 0.3) is 11.0 Å². The summed E-state index contributed by atoms with van der Waals surface area (Å²) >= 11 is 0. The average Bonchev–Trinajstić information content (AvgIpc) is 3.12. The first-order chi connectivity index (χ1) is 13.8. The van der Waals surface area contributed by atoms with Crippen LogP contribution in [0.15, 0.2) is 63.9 Å². The van der Waals surface area contributed by atoms with Gasteiger partial charge in [-0.1, -0.05) is 18.2 Å². The van der Waals surface area contributed by atoms with Gasteiger partial charge in [-0.25, -0.2) is 8.42 Å². The minimum atomic E-state index is -3.62. The summed E-state index contributed by atoms with van der Waals surface area (Å²) < 4.78 is 38.4. The molecular formula is C21H22N2O5S. The zero-order valence-corrected chi connectivity index (χ0v) is 17.0. The molecular weight excluding hydrogens is 392 g/mol. The highest BCUT2D eigenvalue weighted by atomic mass is 32.2. The minimum absolute atomic E-state index is 0.157. The van der Waals surface area contributed by atoms with E-state index in [1.807, 2.05) is 32.0 Å². The standard InChI is InChI=1S/C21H22N2O5S/c1-14-12-23(13-15(2)27-14)29(25,26)18-9-7-17(8-10-18)22-21(24)20-11-16-5-3-4-6-19(16)28-20/h3-11,14-15H,12-13H2,1-2H3,(H,22,24)/t14-,15-/m0/s1. The molecule has 0 radical (unpaired) electrons. The lowest BCUT2D eigenvalue weighted by atomic mass is 10.2. The number of hydrogen-bond acceptors (Lipinski definition) is 5. The van der Waals surface area contributed by atoms with E-state index in [1.165, 1.54) is 16.4 Å². The van der Waals surface area contributed by atoms with E-state index in [0.717, 1.165) is 5.39 Å². The van der Waals surface area contributed by atoms with E-state index in [4.69, 9.17) is 9.15 Å². The summed E-state index contributed by atoms with van der Waals surface area (Å²) in [7, 11) is -3.62. The Bertz CT molecular complexity index is 1090. The molecule has 0 spiro atoms. The van der Waals surface area contributed by atoms with E-state index in [1.54, 1.807) is 24.3 Å². The smallest absolute Gasteiger partial charge is 0.291 e. The molecule has 8 heteroatoms. The molecule has 1 saturated heterocycles. The molecule has 7 nitrogen and oxygen atoms in total. The van der Waals surface area contributed by atoms with E-state index in [-0.39, 0.29) is 22.9 Å². The minimum Gasteiger partial charge on any atom is -0.451 e. The van der Waals surface area contributed by atoms with Crippen molar-refractivity contribution in [2.24, 2.45) is 0 Å². The highest BCUT2D eigenvalue weighted by molar-refractivity contribution is 7.89. The fraction of sp³-hybridized carbons (Fsp3) is 0.286. The normalized spacial score (nSPS) is 20.6. The third kappa shape index (κ3) is 4.05. The Kier molecular flexibility index (Phi) is 5.16. The van der Waals surface area contributed by atoms with Crippen LogP contribution in [0.3, 0.4) is 0 Å². The first-order valence-corrected chi connectivity index (χ1v) is 10.8. The van der Waals surface area contributed by atoms with Crippen molar-refractivity contribution in [1.29, 1.82) is 0 Å². The number of nitrogens with zero attached hydrogens (tertiary/aromatic N) is 1. The zero-order chi connectivity index (χ0) is 20.6. The van der Waals surface area contributed by atoms with E-state index in [0.29, 0.717) is 24.4 Å². The van der Waals surface area contributed by atoms with Crippen molar-refractivity contribution in [3.63, 3.8) is 0 Å². The Hall–Kier alpha value is -2.68. The average molecular weight is 414 g/mol. The maximum atomic E-state index is 12.9. The lowest BCUT2D eigenvalue weighted by Crippen LogP contribution is -2.48. The second-order valence-corrected chi connectivity index (χ2v) is 9.14. The van der Waals surface area contributed by atoms with Gasteiger partial charge in [-0.05, 0) is 50.2 Å². The van der Waals surface area contributed by atoms with Crippen molar-refractivity contribution >= 4 is 32.6 Å². The molecule has 3 aromatic rings. The molecule has 1 aliphatic rings. The molecule has 1 aromatic heterocycles. The number of sulfonamides is 1. The SMILES string of the molecule is C[C@H]1CN(S(=O)(=O)c2ccc(NC(=O)c3cc4ccccc4o3)cc2)C[C@H](C)O1. The number of nitrogens with one attached hydrogen (secondary N) is 1. The van der Waals surface area contributed by atoms with Gasteiger partial charge in [0.2, 0.25) is 10.0 Å². The third-order valence-corrected chi connectivity index (χ3v) is 6.63. The van der Waals surface area contributed by atoms with Crippen molar-refractivity contribution in [2.75, 3.05) is 18.4 Å². The largest absolute Gasteiger partial charge is 0.451 e. The molecule has 1 N–H and O–H groups in total. The van der Waals surface area contributed by atoms with E-state index >= 15 is 0 Å². The summed E-state index contributed by atoms with van der Waals surface area (Å²) in [6.07, 6.45) is -0.313. The maximum Gasteiger partial charge on any atom is 0.291 e. The number of hydrogen-bond donors (Lipinski definition) is 1. The monoisotopic (exact) mass is 414 g/mol. The molecule has 0 aliphatic carbocycles. The van der Waals surface area contributed by atoms with Crippen LogP contribution in [0.4, 0.5) is 5.69 Å². The number of anilines is 1. The lowest BCUT2D eigenvalue weighted by Gasteiger charge is -2.34. The van der Waals surface area contributed by atoms with Crippen LogP contribution in [-0.4, -0.2) is 43.9 Å². The summed E-state index contributed by atoms with van der Waals surface area (Å²) in [5, 5.41) is 3.57. The summed E-state index contributed by atoms with van der Waals surface area (Å²) in [6.45, 7) is 4.35. The number of morpholine rings is 1. The van der Waals surface area contributed by atoms with Crippen LogP contribution in [0.5, 0.6) is 0 Å². The first-order valence-electron chi connectivity index (χ1n) is 9.38. The van der Waals surface area contributed by atoms with E-state index in [2.05, 4.69) is 5.32 Å². The van der Waals surface area contributed by atoms with Crippen molar-refractivity contribution in [1.82, 2.24) is 4.31 Å². The molecule has 152 valence electrons. The molecule has 1 fully saturated rings. The van der Waals surface area contributed by atoms with Gasteiger partial charge < -0.3 is 14.5 Å². The van der Waals surface area contributed by atoms with Gasteiger partial charge in [0.25, 0.3) is 5.91 Å². The Morgan fingerprint density at radius 3 is 2.34 bits per heavy atom. The molecule has 0 unspecified atom stereocenters. The van der Waals surface area contributed by atoms with Crippen molar-refractivity contribution in [2.45, 2.75) is 31.0 Å². The van der Waals surface area contributed by atoms with E-state index in [9.17, 15) is 13.2 Å². The lowest BCUT2D eigenvalue weighted by molar-refractivity contribution is -0.0440. The topological polar surface area (TPSA) is 88.9 Å². The van der Waals surface area contributed by atoms with Gasteiger partial charge in [-0.15, -0.1) is 0 Å². The summed E-state index contributed by atoms with van der Waals surface area (Å²) in [4.78, 5) is 12.6. The van der Waals surface area contributed by atoms with Crippen molar-refractivity contribution in [3.05, 3.63) is 60.4 Å². The van der Waals surface area contributed by atoms with Gasteiger partial charge in [0.15, 0.2) is 5.76 Å². The van der Waals surface area contributed by atoms with Crippen LogP contribution in [0.2, 0.25) is 0 Å². The molecule has 1 aliphatic heterocycles. The highest BCUT2D eigenvalue weighted by Gasteiger charge is 2.32. The number of benzene rings is 2. The number of ether oxygens (including phenoxy) is 1. The first kappa shape index (κ1) is 19.6. The number of rotatable bonds is 4. The Labute approximate surface area is 169 Å². The highest BCUT2D eigenvalue weighted by Crippen LogP contribution is 2.23. The maximum absolute atomic E-state index is 12.9. The van der Waals surface area contributed by atoms with Gasteiger partial charge in [-0.2, -0.15) is 4.31 Å². The number of carbonyl (C=O) groups excluding carboxylic acids is 1. The number of fused-ring (bicyclic) bond motifs is 1. The molecule has 2 aromatic carbocycles. The Balaban J connectivity index is 1.49. The van der Waals surface area contributed by atoms with Gasteiger partial charge in [-0.3, -0.25) is 4.79 Å². The quantitative estimate of drug-likeness (QED) is 0.706. The second kappa shape index (κ2) is 7.62. The fourth-order valence-electron chi connectivity index (χ4n) is 3.47. The molecule has 0 saturated carbocycles. The molecule has 1 amide bonds. The van der Waals surface area contributed by atoms with Gasteiger partial charge >= 0.3 is 0 Å². The zero-order valence-electron chi connectivity index (χ0n) is 16.2. The predicted molar refractivity (Wildman–Crippen MR) is 109 cm³/mol. The van der Waals surface area contributed by atoms with Gasteiger partial charge in [0.1, 0.15) is 5.58 Å². The number of carbonyl (C=O) groups is 1. The summed E-state index contributed by atoms with van der Waals surface area (Å²) in [5.41, 5.74) is 1.12. The Morgan fingerprint density at radius 1 is 1.03 bits per heavy atom. The van der Waals surface area contributed by atoms with Crippen LogP contribution in [0.1, 0.15) is 24.4 Å². The summed E-state index contributed by atoms with van der Waals surface area (Å²) in [6, 6.07) is 15.2. The molecule has 2 heterocycles. The van der Waals surface area contributed by atoms with Gasteiger partial charge in [0, 0.05) is 24.2 Å². The number of amides is 1. The molecule has 4 rings (SSSR count). The number of para-hydroxylation sites is 1. The van der Waals surface area contributed by atoms with Crippen LogP contribution >= 0.6 is 0 Å². The molecule has 0 bridgehead atoms. The predicted octanol–water partition coefficient (Wildman–Crippen LogP) is 3.48. The van der Waals surface area contributed by atoms with Crippen molar-refractivity contribution < 1.29 is 22.4 Å². The van der Waals surface area contributed by atoms with Crippen molar-refractivity contribution in [3.8, 4) is 0 Å². The van der Waals surface area contributed by atoms with E-state index < -0.39 is 15.9 Å². The molecule has 29 heavy (non-hydrogen) atoms. The Morgan fingerprint density at radius 2 is 1.69 bits per heavy atom. The second-order valence-electron chi connectivity index (χ2n) is 7.21. The van der Waals surface area contributed by atoms with Crippen LogP contribution in [-0.2, 0) is 14.8 Å².